The zero-order chi connectivity index (χ0) is 21.0. The maximum atomic E-state index is 13.4. The summed E-state index contributed by atoms with van der Waals surface area (Å²) < 4.78 is 1.69. The summed E-state index contributed by atoms with van der Waals surface area (Å²) in [6.07, 6.45) is 2.51. The van der Waals surface area contributed by atoms with Crippen molar-refractivity contribution in [1.82, 2.24) is 14.9 Å². The molecule has 0 fully saturated rings. The van der Waals surface area contributed by atoms with Crippen molar-refractivity contribution in [3.63, 3.8) is 0 Å². The van der Waals surface area contributed by atoms with Gasteiger partial charge < -0.3 is 5.32 Å². The number of fused-ring (bicyclic) bond motifs is 1. The van der Waals surface area contributed by atoms with E-state index in [2.05, 4.69) is 18.8 Å². The maximum Gasteiger partial charge on any atom is 0.263 e. The molecule has 3 rings (SSSR count). The van der Waals surface area contributed by atoms with E-state index in [0.29, 0.717) is 23.6 Å². The molecule has 1 N–H and O–H groups in total. The Morgan fingerprint density at radius 2 is 2.03 bits per heavy atom. The smallest absolute Gasteiger partial charge is 0.263 e. The number of nitrogens with one attached hydrogen (secondary N) is 1. The fraction of sp³-hybridized carbons (Fsp3) is 0.318. The summed E-state index contributed by atoms with van der Waals surface area (Å²) in [7, 11) is 0. The summed E-state index contributed by atoms with van der Waals surface area (Å²) in [5.74, 6) is 0.0905. The first kappa shape index (κ1) is 21.3. The minimum atomic E-state index is -0.109. The van der Waals surface area contributed by atoms with E-state index in [1.807, 2.05) is 38.1 Å². The summed E-state index contributed by atoms with van der Waals surface area (Å²) in [5, 5.41) is 4.03. The summed E-state index contributed by atoms with van der Waals surface area (Å²) in [6, 6.07) is 8.12. The Bertz CT molecular complexity index is 1100. The Labute approximate surface area is 178 Å². The van der Waals surface area contributed by atoms with Crippen LogP contribution in [0.15, 0.2) is 46.9 Å². The number of hydrogen-bond donors (Lipinski definition) is 1. The lowest BCUT2D eigenvalue weighted by Crippen LogP contribution is -2.27. The molecule has 2 heterocycles. The molecule has 2 aromatic heterocycles. The number of thioether (sulfide) groups is 1. The van der Waals surface area contributed by atoms with Gasteiger partial charge in [-0.25, -0.2) is 4.98 Å². The van der Waals surface area contributed by atoms with Crippen LogP contribution in [0.3, 0.4) is 0 Å². The molecule has 152 valence electrons. The van der Waals surface area contributed by atoms with Gasteiger partial charge in [0, 0.05) is 11.4 Å². The number of amides is 1. The summed E-state index contributed by atoms with van der Waals surface area (Å²) in [6.45, 7) is 10.6. The lowest BCUT2D eigenvalue weighted by atomic mass is 10.1. The molecule has 0 atom stereocenters. The Morgan fingerprint density at radius 1 is 1.31 bits per heavy atom. The normalized spacial score (nSPS) is 11.0. The fourth-order valence-corrected chi connectivity index (χ4v) is 5.06. The molecule has 5 nitrogen and oxygen atoms in total. The van der Waals surface area contributed by atoms with Crippen molar-refractivity contribution in [3.8, 4) is 0 Å². The van der Waals surface area contributed by atoms with Crippen LogP contribution in [-0.2, 0) is 17.8 Å². The van der Waals surface area contributed by atoms with Gasteiger partial charge in [-0.15, -0.1) is 17.9 Å². The zero-order valence-corrected chi connectivity index (χ0v) is 18.6. The van der Waals surface area contributed by atoms with Crippen molar-refractivity contribution in [2.75, 3.05) is 12.3 Å². The van der Waals surface area contributed by atoms with E-state index >= 15 is 0 Å². The highest BCUT2D eigenvalue weighted by Crippen LogP contribution is 2.29. The van der Waals surface area contributed by atoms with Crippen LogP contribution < -0.4 is 10.9 Å². The molecule has 7 heteroatoms. The summed E-state index contributed by atoms with van der Waals surface area (Å²) in [4.78, 5) is 32.1. The molecule has 0 aliphatic rings. The van der Waals surface area contributed by atoms with E-state index in [-0.39, 0.29) is 17.2 Å². The Kier molecular flexibility index (Phi) is 6.92. The molecular formula is C22H25N3O2S2. The second kappa shape index (κ2) is 9.41. The van der Waals surface area contributed by atoms with E-state index in [1.165, 1.54) is 22.2 Å². The van der Waals surface area contributed by atoms with Gasteiger partial charge in [-0.1, -0.05) is 54.6 Å². The van der Waals surface area contributed by atoms with Crippen molar-refractivity contribution in [3.05, 3.63) is 68.8 Å². The van der Waals surface area contributed by atoms with Gasteiger partial charge in [0.05, 0.1) is 17.7 Å². The number of carbonyl (C=O) groups is 1. The third-order valence-corrected chi connectivity index (χ3v) is 6.98. The highest BCUT2D eigenvalue weighted by molar-refractivity contribution is 7.99. The fourth-order valence-electron chi connectivity index (χ4n) is 3.07. The number of aryl methyl sites for hydroxylation is 3. The topological polar surface area (TPSA) is 64.0 Å². The van der Waals surface area contributed by atoms with Gasteiger partial charge in [-0.3, -0.25) is 14.2 Å². The van der Waals surface area contributed by atoms with Crippen molar-refractivity contribution >= 4 is 39.2 Å². The molecule has 1 aromatic carbocycles. The monoisotopic (exact) mass is 427 g/mol. The van der Waals surface area contributed by atoms with E-state index < -0.39 is 0 Å². The van der Waals surface area contributed by atoms with Crippen molar-refractivity contribution in [2.24, 2.45) is 0 Å². The molecule has 3 aromatic rings. The average Bonchev–Trinajstić information content (AvgIpc) is 3.04. The first-order valence-corrected chi connectivity index (χ1v) is 11.3. The number of thiophene rings is 1. The third-order valence-electron chi connectivity index (χ3n) is 4.67. The molecule has 0 bridgehead atoms. The average molecular weight is 428 g/mol. The quantitative estimate of drug-likeness (QED) is 0.334. The number of nitrogens with zero attached hydrogens (tertiary/aromatic N) is 2. The molecule has 0 radical (unpaired) electrons. The number of aromatic nitrogens is 2. The molecule has 0 aliphatic carbocycles. The number of carbonyl (C=O) groups excluding carboxylic acids is 1. The van der Waals surface area contributed by atoms with Gasteiger partial charge in [0.1, 0.15) is 4.83 Å². The molecule has 1 amide bonds. The molecule has 0 aliphatic heterocycles. The Balaban J connectivity index is 2.03. The van der Waals surface area contributed by atoms with Crippen LogP contribution in [0.1, 0.15) is 28.5 Å². The standard InChI is InChI=1S/C22H25N3O2S2/c1-5-11-23-18(26)13-28-22-24-20-19(15(4)17(6-2)29-20)21(27)25(22)12-16-9-7-14(3)8-10-16/h5,7-10H,1,6,11-13H2,2-4H3,(H,23,26). The molecule has 29 heavy (non-hydrogen) atoms. The second-order valence-corrected chi connectivity index (χ2v) is 8.86. The van der Waals surface area contributed by atoms with Crippen LogP contribution in [0.5, 0.6) is 0 Å². The first-order valence-electron chi connectivity index (χ1n) is 9.53. The predicted octanol–water partition coefficient (Wildman–Crippen LogP) is 4.08. The van der Waals surface area contributed by atoms with E-state index in [9.17, 15) is 9.59 Å². The summed E-state index contributed by atoms with van der Waals surface area (Å²) >= 11 is 2.86. The van der Waals surface area contributed by atoms with Crippen molar-refractivity contribution in [2.45, 2.75) is 38.9 Å². The maximum absolute atomic E-state index is 13.4. The molecule has 0 saturated heterocycles. The number of rotatable bonds is 8. The largest absolute Gasteiger partial charge is 0.352 e. The van der Waals surface area contributed by atoms with Crippen LogP contribution >= 0.6 is 23.1 Å². The van der Waals surface area contributed by atoms with Crippen LogP contribution in [0.4, 0.5) is 0 Å². The highest BCUT2D eigenvalue weighted by Gasteiger charge is 2.18. The Hall–Kier alpha value is -2.38. The molecule has 0 unspecified atom stereocenters. The molecule has 0 spiro atoms. The minimum Gasteiger partial charge on any atom is -0.352 e. The first-order chi connectivity index (χ1) is 13.9. The SMILES string of the molecule is C=CCNC(=O)CSc1nc2sc(CC)c(C)c2c(=O)n1Cc1ccc(C)cc1. The van der Waals surface area contributed by atoms with Crippen molar-refractivity contribution in [1.29, 1.82) is 0 Å². The lowest BCUT2D eigenvalue weighted by molar-refractivity contribution is -0.118. The summed E-state index contributed by atoms with van der Waals surface area (Å²) in [5.41, 5.74) is 3.17. The van der Waals surface area contributed by atoms with Gasteiger partial charge in [0.15, 0.2) is 5.16 Å². The second-order valence-electron chi connectivity index (χ2n) is 6.84. The number of hydrogen-bond acceptors (Lipinski definition) is 5. The zero-order valence-electron chi connectivity index (χ0n) is 16.9. The van der Waals surface area contributed by atoms with E-state index in [4.69, 9.17) is 4.98 Å². The van der Waals surface area contributed by atoms with Crippen LogP contribution in [-0.4, -0.2) is 27.8 Å². The van der Waals surface area contributed by atoms with E-state index in [0.717, 1.165) is 22.4 Å². The van der Waals surface area contributed by atoms with Crippen LogP contribution in [0, 0.1) is 13.8 Å². The third kappa shape index (κ3) is 4.79. The van der Waals surface area contributed by atoms with Gasteiger partial charge in [0.2, 0.25) is 5.91 Å². The van der Waals surface area contributed by atoms with Gasteiger partial charge in [-0.2, -0.15) is 0 Å². The molecular weight excluding hydrogens is 402 g/mol. The van der Waals surface area contributed by atoms with Gasteiger partial charge in [0.25, 0.3) is 5.56 Å². The van der Waals surface area contributed by atoms with Crippen molar-refractivity contribution < 1.29 is 4.79 Å². The van der Waals surface area contributed by atoms with Crippen LogP contribution in [0.2, 0.25) is 0 Å². The van der Waals surface area contributed by atoms with Gasteiger partial charge in [-0.05, 0) is 31.4 Å². The van der Waals surface area contributed by atoms with Crippen LogP contribution in [0.25, 0.3) is 10.2 Å². The Morgan fingerprint density at radius 3 is 2.69 bits per heavy atom. The molecule has 0 saturated carbocycles. The number of benzene rings is 1. The van der Waals surface area contributed by atoms with Gasteiger partial charge >= 0.3 is 0 Å². The lowest BCUT2D eigenvalue weighted by Gasteiger charge is -2.12. The minimum absolute atomic E-state index is 0.0435. The predicted molar refractivity (Wildman–Crippen MR) is 122 cm³/mol. The van der Waals surface area contributed by atoms with E-state index in [1.54, 1.807) is 22.0 Å². The highest BCUT2D eigenvalue weighted by atomic mass is 32.2.